The van der Waals surface area contributed by atoms with Gasteiger partial charge in [-0.2, -0.15) is 0 Å². The van der Waals surface area contributed by atoms with Crippen molar-refractivity contribution in [2.45, 2.75) is 45.4 Å². The zero-order valence-electron chi connectivity index (χ0n) is 9.25. The summed E-state index contributed by atoms with van der Waals surface area (Å²) in [6.45, 7) is 7.31. The second kappa shape index (κ2) is 5.93. The molecule has 0 saturated carbocycles. The summed E-state index contributed by atoms with van der Waals surface area (Å²) in [5.74, 6) is 0.742. The second-order valence-corrected chi connectivity index (χ2v) is 6.69. The number of rotatable bonds is 6. The van der Waals surface area contributed by atoms with Crippen LogP contribution in [0.2, 0.25) is 0 Å². The fourth-order valence-corrected chi connectivity index (χ4v) is 2.31. The maximum Gasteiger partial charge on any atom is 0.214 e. The molecule has 0 aliphatic carbocycles. The van der Waals surface area contributed by atoms with Crippen LogP contribution in [0.4, 0.5) is 0 Å². The first-order valence-electron chi connectivity index (χ1n) is 4.88. The number of nitrogens with one attached hydrogen (secondary N) is 1. The minimum atomic E-state index is -3.17. The summed E-state index contributed by atoms with van der Waals surface area (Å²) >= 11 is 5.61. The summed E-state index contributed by atoms with van der Waals surface area (Å²) in [6, 6.07) is -0.0556. The average molecular weight is 242 g/mol. The molecule has 1 unspecified atom stereocenters. The van der Waals surface area contributed by atoms with Crippen LogP contribution in [0.3, 0.4) is 0 Å². The summed E-state index contributed by atoms with van der Waals surface area (Å²) in [6.07, 6.45) is 0.672. The van der Waals surface area contributed by atoms with Gasteiger partial charge in [-0.05, 0) is 26.2 Å². The van der Waals surface area contributed by atoms with Crippen molar-refractivity contribution in [3.05, 3.63) is 0 Å². The molecule has 0 radical (unpaired) electrons. The molecule has 1 atom stereocenters. The van der Waals surface area contributed by atoms with E-state index in [4.69, 9.17) is 11.6 Å². The molecule has 14 heavy (non-hydrogen) atoms. The highest BCUT2D eigenvalue weighted by molar-refractivity contribution is 7.90. The third-order valence-electron chi connectivity index (χ3n) is 2.16. The molecule has 0 fully saturated rings. The first kappa shape index (κ1) is 14.2. The van der Waals surface area contributed by atoms with Crippen molar-refractivity contribution in [2.75, 3.05) is 5.88 Å². The SMILES string of the molecule is CC(C)C(CCCl)NS(=O)(=O)C(C)C. The van der Waals surface area contributed by atoms with Gasteiger partial charge < -0.3 is 0 Å². The van der Waals surface area contributed by atoms with Crippen molar-refractivity contribution >= 4 is 21.6 Å². The monoisotopic (exact) mass is 241 g/mol. The molecule has 0 aromatic carbocycles. The van der Waals surface area contributed by atoms with Gasteiger partial charge in [-0.25, -0.2) is 13.1 Å². The Hall–Kier alpha value is 0.200. The zero-order valence-corrected chi connectivity index (χ0v) is 10.8. The quantitative estimate of drug-likeness (QED) is 0.723. The van der Waals surface area contributed by atoms with Crippen LogP contribution in [0.1, 0.15) is 34.1 Å². The number of alkyl halides is 1. The fraction of sp³-hybridized carbons (Fsp3) is 1.00. The van der Waals surface area contributed by atoms with Crippen LogP contribution < -0.4 is 4.72 Å². The normalized spacial score (nSPS) is 15.1. The Kier molecular flexibility index (Phi) is 6.02. The van der Waals surface area contributed by atoms with E-state index in [2.05, 4.69) is 4.72 Å². The summed E-state index contributed by atoms with van der Waals surface area (Å²) in [4.78, 5) is 0. The van der Waals surface area contributed by atoms with Gasteiger partial charge in [-0.1, -0.05) is 13.8 Å². The number of halogens is 1. The van der Waals surface area contributed by atoms with Crippen LogP contribution in [0.5, 0.6) is 0 Å². The lowest BCUT2D eigenvalue weighted by Crippen LogP contribution is -2.42. The summed E-state index contributed by atoms with van der Waals surface area (Å²) in [7, 11) is -3.17. The fourth-order valence-electron chi connectivity index (χ4n) is 0.993. The smallest absolute Gasteiger partial charge is 0.212 e. The van der Waals surface area contributed by atoms with Gasteiger partial charge >= 0.3 is 0 Å². The number of hydrogen-bond acceptors (Lipinski definition) is 2. The van der Waals surface area contributed by atoms with Gasteiger partial charge in [0.2, 0.25) is 10.0 Å². The molecule has 0 saturated heterocycles. The van der Waals surface area contributed by atoms with E-state index < -0.39 is 10.0 Å². The largest absolute Gasteiger partial charge is 0.214 e. The summed E-state index contributed by atoms with van der Waals surface area (Å²) in [5, 5.41) is -0.390. The maximum atomic E-state index is 11.6. The molecule has 0 spiro atoms. The molecule has 5 heteroatoms. The first-order valence-corrected chi connectivity index (χ1v) is 6.96. The van der Waals surface area contributed by atoms with Crippen LogP contribution >= 0.6 is 11.6 Å². The van der Waals surface area contributed by atoms with Crippen LogP contribution in [-0.4, -0.2) is 25.6 Å². The lowest BCUT2D eigenvalue weighted by Gasteiger charge is -2.22. The topological polar surface area (TPSA) is 46.2 Å². The molecule has 0 heterocycles. The molecule has 0 aromatic heterocycles. The van der Waals surface area contributed by atoms with Crippen LogP contribution in [0.15, 0.2) is 0 Å². The minimum absolute atomic E-state index is 0.0556. The molecule has 0 bridgehead atoms. The van der Waals surface area contributed by atoms with Crippen molar-refractivity contribution < 1.29 is 8.42 Å². The van der Waals surface area contributed by atoms with Crippen molar-refractivity contribution in [3.8, 4) is 0 Å². The van der Waals surface area contributed by atoms with Gasteiger partial charge in [0.05, 0.1) is 5.25 Å². The predicted molar refractivity (Wildman–Crippen MR) is 61.2 cm³/mol. The first-order chi connectivity index (χ1) is 6.31. The molecule has 0 aromatic rings. The van der Waals surface area contributed by atoms with E-state index in [1.807, 2.05) is 13.8 Å². The molecule has 1 N–H and O–H groups in total. The van der Waals surface area contributed by atoms with E-state index >= 15 is 0 Å². The molecule has 0 rings (SSSR count). The lowest BCUT2D eigenvalue weighted by atomic mass is 10.0. The van der Waals surface area contributed by atoms with E-state index in [1.165, 1.54) is 0 Å². The summed E-state index contributed by atoms with van der Waals surface area (Å²) in [5.41, 5.74) is 0. The highest BCUT2D eigenvalue weighted by Gasteiger charge is 2.22. The Morgan fingerprint density at radius 1 is 1.21 bits per heavy atom. The predicted octanol–water partition coefficient (Wildman–Crippen LogP) is 1.97. The van der Waals surface area contributed by atoms with E-state index in [1.54, 1.807) is 13.8 Å². The molecule has 0 amide bonds. The van der Waals surface area contributed by atoms with E-state index in [9.17, 15) is 8.42 Å². The van der Waals surface area contributed by atoms with E-state index in [0.717, 1.165) is 0 Å². The van der Waals surface area contributed by atoms with Crippen LogP contribution in [0, 0.1) is 5.92 Å². The lowest BCUT2D eigenvalue weighted by molar-refractivity contribution is 0.437. The van der Waals surface area contributed by atoms with Crippen molar-refractivity contribution in [3.63, 3.8) is 0 Å². The Labute approximate surface area is 92.3 Å². The molecule has 0 aliphatic heterocycles. The second-order valence-electron chi connectivity index (χ2n) is 4.04. The standard InChI is InChI=1S/C9H20ClNO2S/c1-7(2)9(5-6-10)11-14(12,13)8(3)4/h7-9,11H,5-6H2,1-4H3. The molecule has 3 nitrogen and oxygen atoms in total. The maximum absolute atomic E-state index is 11.6. The van der Waals surface area contributed by atoms with Gasteiger partial charge in [0.25, 0.3) is 0 Å². The molecule has 0 aliphatic rings. The highest BCUT2D eigenvalue weighted by Crippen LogP contribution is 2.10. The zero-order chi connectivity index (χ0) is 11.4. The third kappa shape index (κ3) is 4.62. The molecule has 86 valence electrons. The third-order valence-corrected chi connectivity index (χ3v) is 4.25. The van der Waals surface area contributed by atoms with Crippen LogP contribution in [-0.2, 0) is 10.0 Å². The Bertz CT molecular complexity index is 250. The van der Waals surface area contributed by atoms with E-state index in [0.29, 0.717) is 12.3 Å². The number of sulfonamides is 1. The molecular weight excluding hydrogens is 222 g/mol. The van der Waals surface area contributed by atoms with Gasteiger partial charge in [-0.3, -0.25) is 0 Å². The summed E-state index contributed by atoms with van der Waals surface area (Å²) < 4.78 is 25.8. The van der Waals surface area contributed by atoms with Crippen molar-refractivity contribution in [1.29, 1.82) is 0 Å². The van der Waals surface area contributed by atoms with E-state index in [-0.39, 0.29) is 17.2 Å². The highest BCUT2D eigenvalue weighted by atomic mass is 35.5. The van der Waals surface area contributed by atoms with Crippen molar-refractivity contribution in [1.82, 2.24) is 4.72 Å². The van der Waals surface area contributed by atoms with Gasteiger partial charge in [-0.15, -0.1) is 11.6 Å². The van der Waals surface area contributed by atoms with Gasteiger partial charge in [0, 0.05) is 11.9 Å². The molecular formula is C9H20ClNO2S. The van der Waals surface area contributed by atoms with Gasteiger partial charge in [0.15, 0.2) is 0 Å². The van der Waals surface area contributed by atoms with Gasteiger partial charge in [0.1, 0.15) is 0 Å². The Morgan fingerprint density at radius 2 is 1.71 bits per heavy atom. The minimum Gasteiger partial charge on any atom is -0.212 e. The average Bonchev–Trinajstić information content (AvgIpc) is 2.02. The number of hydrogen-bond donors (Lipinski definition) is 1. The van der Waals surface area contributed by atoms with Crippen molar-refractivity contribution in [2.24, 2.45) is 5.92 Å². The Morgan fingerprint density at radius 3 is 2.00 bits per heavy atom. The van der Waals surface area contributed by atoms with Crippen LogP contribution in [0.25, 0.3) is 0 Å². The Balaban J connectivity index is 4.45.